The van der Waals surface area contributed by atoms with Crippen LogP contribution in [-0.2, 0) is 4.79 Å². The molecule has 0 spiro atoms. The number of carbonyl (C=O) groups excluding carboxylic acids is 2. The molecule has 0 aliphatic rings. The van der Waals surface area contributed by atoms with E-state index in [0.29, 0.717) is 34.8 Å². The molecule has 0 unspecified atom stereocenters. The van der Waals surface area contributed by atoms with Gasteiger partial charge in [0.1, 0.15) is 12.0 Å². The molecule has 2 aromatic rings. The van der Waals surface area contributed by atoms with E-state index in [4.69, 9.17) is 4.74 Å². The molecule has 0 bridgehead atoms. The topological polar surface area (TPSA) is 55.4 Å². The number of carbonyl (C=O) groups is 2. The zero-order valence-electron chi connectivity index (χ0n) is 13.0. The Hall–Kier alpha value is -2.83. The minimum atomic E-state index is -1.66. The lowest BCUT2D eigenvalue weighted by Gasteiger charge is -2.13. The average molecular weight is 337 g/mol. The van der Waals surface area contributed by atoms with Crippen molar-refractivity contribution in [2.24, 2.45) is 0 Å². The number of anilines is 1. The Labute approximate surface area is 136 Å². The molecule has 24 heavy (non-hydrogen) atoms. The van der Waals surface area contributed by atoms with E-state index in [-0.39, 0.29) is 0 Å². The number of nitrogens with one attached hydrogen (secondary N) is 1. The Morgan fingerprint density at radius 1 is 1.12 bits per heavy atom. The summed E-state index contributed by atoms with van der Waals surface area (Å²) in [5.41, 5.74) is 1.31. The highest BCUT2D eigenvalue weighted by atomic mass is 19.2. The van der Waals surface area contributed by atoms with Crippen LogP contribution >= 0.6 is 0 Å². The van der Waals surface area contributed by atoms with Crippen molar-refractivity contribution in [3.05, 3.63) is 58.4 Å². The fraction of sp³-hybridized carbons (Fsp3) is 0.176. The summed E-state index contributed by atoms with van der Waals surface area (Å²) in [6, 6.07) is 4.83. The maximum absolute atomic E-state index is 13.5. The third-order valence-electron chi connectivity index (χ3n) is 3.28. The number of halogens is 3. The van der Waals surface area contributed by atoms with E-state index in [1.54, 1.807) is 26.0 Å². The van der Waals surface area contributed by atoms with Crippen molar-refractivity contribution in [2.75, 3.05) is 11.9 Å². The van der Waals surface area contributed by atoms with E-state index in [0.717, 1.165) is 6.07 Å². The quantitative estimate of drug-likeness (QED) is 0.670. The van der Waals surface area contributed by atoms with Crippen molar-refractivity contribution in [2.45, 2.75) is 13.8 Å². The molecule has 0 saturated heterocycles. The molecule has 0 heterocycles. The van der Waals surface area contributed by atoms with E-state index >= 15 is 0 Å². The highest BCUT2D eigenvalue weighted by Gasteiger charge is 2.16. The second kappa shape index (κ2) is 7.16. The summed E-state index contributed by atoms with van der Waals surface area (Å²) in [5.74, 6) is -4.81. The number of hydrogen-bond acceptors (Lipinski definition) is 3. The second-order valence-electron chi connectivity index (χ2n) is 5.16. The van der Waals surface area contributed by atoms with Crippen LogP contribution < -0.4 is 10.1 Å². The van der Waals surface area contributed by atoms with Crippen molar-refractivity contribution in [3.8, 4) is 5.75 Å². The lowest BCUT2D eigenvalue weighted by atomic mass is 10.1. The van der Waals surface area contributed by atoms with Gasteiger partial charge >= 0.3 is 0 Å². The fourth-order valence-corrected chi connectivity index (χ4v) is 2.23. The van der Waals surface area contributed by atoms with Crippen LogP contribution in [0.2, 0.25) is 0 Å². The summed E-state index contributed by atoms with van der Waals surface area (Å²) < 4.78 is 44.8. The molecule has 0 aromatic heterocycles. The normalized spacial score (nSPS) is 10.4. The van der Waals surface area contributed by atoms with Gasteiger partial charge in [-0.25, -0.2) is 13.2 Å². The number of benzene rings is 2. The lowest BCUT2D eigenvalue weighted by molar-refractivity contribution is -0.118. The third kappa shape index (κ3) is 3.73. The molecule has 7 heteroatoms. The van der Waals surface area contributed by atoms with E-state index in [9.17, 15) is 22.8 Å². The number of hydrogen-bond donors (Lipinski definition) is 1. The number of ether oxygens (including phenoxy) is 1. The first-order chi connectivity index (χ1) is 11.3. The third-order valence-corrected chi connectivity index (χ3v) is 3.28. The molecule has 2 rings (SSSR count). The van der Waals surface area contributed by atoms with Crippen LogP contribution in [0, 0.1) is 31.3 Å². The minimum absolute atomic E-state index is 0.418. The smallest absolute Gasteiger partial charge is 0.262 e. The molecule has 4 nitrogen and oxygen atoms in total. The van der Waals surface area contributed by atoms with Crippen LogP contribution in [0.5, 0.6) is 5.75 Å². The predicted octanol–water partition coefficient (Wildman–Crippen LogP) is 3.55. The monoisotopic (exact) mass is 337 g/mol. The number of aldehydes is 1. The average Bonchev–Trinajstić information content (AvgIpc) is 2.54. The van der Waals surface area contributed by atoms with Crippen molar-refractivity contribution in [1.82, 2.24) is 0 Å². The molecule has 126 valence electrons. The Morgan fingerprint density at radius 2 is 1.75 bits per heavy atom. The van der Waals surface area contributed by atoms with Gasteiger partial charge in [0.15, 0.2) is 24.1 Å². The van der Waals surface area contributed by atoms with Crippen LogP contribution in [-0.4, -0.2) is 18.8 Å². The van der Waals surface area contributed by atoms with E-state index in [1.165, 1.54) is 0 Å². The van der Waals surface area contributed by atoms with Crippen LogP contribution in [0.15, 0.2) is 24.3 Å². The first-order valence-electron chi connectivity index (χ1n) is 6.96. The summed E-state index contributed by atoms with van der Waals surface area (Å²) in [5, 5.41) is 2.11. The van der Waals surface area contributed by atoms with Gasteiger partial charge in [-0.05, 0) is 49.2 Å². The maximum Gasteiger partial charge on any atom is 0.262 e. The Morgan fingerprint density at radius 3 is 2.33 bits per heavy atom. The molecular weight excluding hydrogens is 323 g/mol. The molecule has 1 N–H and O–H groups in total. The van der Waals surface area contributed by atoms with Crippen molar-refractivity contribution < 1.29 is 27.5 Å². The molecule has 2 aromatic carbocycles. The summed E-state index contributed by atoms with van der Waals surface area (Å²) in [7, 11) is 0. The zero-order chi connectivity index (χ0) is 17.9. The highest BCUT2D eigenvalue weighted by Crippen LogP contribution is 2.24. The first kappa shape index (κ1) is 17.5. The van der Waals surface area contributed by atoms with Gasteiger partial charge < -0.3 is 10.1 Å². The van der Waals surface area contributed by atoms with Crippen LogP contribution in [0.3, 0.4) is 0 Å². The largest absolute Gasteiger partial charge is 0.483 e. The van der Waals surface area contributed by atoms with Gasteiger partial charge in [0.05, 0.1) is 5.69 Å². The maximum atomic E-state index is 13.5. The second-order valence-corrected chi connectivity index (χ2v) is 5.16. The van der Waals surface area contributed by atoms with Crippen molar-refractivity contribution in [3.63, 3.8) is 0 Å². The van der Waals surface area contributed by atoms with Gasteiger partial charge in [0.25, 0.3) is 5.91 Å². The van der Waals surface area contributed by atoms with Crippen LogP contribution in [0.1, 0.15) is 21.5 Å². The van der Waals surface area contributed by atoms with E-state index in [2.05, 4.69) is 5.32 Å². The molecule has 0 atom stereocenters. The van der Waals surface area contributed by atoms with E-state index < -0.39 is 35.7 Å². The molecule has 0 aliphatic carbocycles. The Bertz CT molecular complexity index is 783. The van der Waals surface area contributed by atoms with Gasteiger partial charge in [-0.1, -0.05) is 0 Å². The van der Waals surface area contributed by atoms with E-state index in [1.807, 2.05) is 0 Å². The lowest BCUT2D eigenvalue weighted by Crippen LogP contribution is -2.21. The first-order valence-corrected chi connectivity index (χ1v) is 6.96. The summed E-state index contributed by atoms with van der Waals surface area (Å²) in [6.07, 6.45) is 0.697. The van der Waals surface area contributed by atoms with Crippen molar-refractivity contribution >= 4 is 17.9 Å². The molecule has 0 aliphatic heterocycles. The molecule has 0 radical (unpaired) electrons. The minimum Gasteiger partial charge on any atom is -0.483 e. The van der Waals surface area contributed by atoms with Crippen molar-refractivity contribution in [1.29, 1.82) is 0 Å². The fourth-order valence-electron chi connectivity index (χ4n) is 2.23. The molecule has 0 saturated carbocycles. The SMILES string of the molecule is Cc1cc(C=O)cc(C)c1OCC(=O)Nc1ccc(F)c(F)c1F. The molecule has 0 fully saturated rings. The molecular formula is C17H14F3NO3. The van der Waals surface area contributed by atoms with Gasteiger partial charge in [-0.15, -0.1) is 0 Å². The Kier molecular flexibility index (Phi) is 5.23. The predicted molar refractivity (Wildman–Crippen MR) is 81.7 cm³/mol. The zero-order valence-corrected chi connectivity index (χ0v) is 13.0. The number of aryl methyl sites for hydroxylation is 2. The Balaban J connectivity index is 2.07. The van der Waals surface area contributed by atoms with Gasteiger partial charge in [0, 0.05) is 5.56 Å². The van der Waals surface area contributed by atoms with Crippen LogP contribution in [0.25, 0.3) is 0 Å². The summed E-state index contributed by atoms with van der Waals surface area (Å²) >= 11 is 0. The van der Waals surface area contributed by atoms with Gasteiger partial charge in [-0.3, -0.25) is 9.59 Å². The van der Waals surface area contributed by atoms with Crippen LogP contribution in [0.4, 0.5) is 18.9 Å². The number of rotatable bonds is 5. The standard InChI is InChI=1S/C17H14F3NO3/c1-9-5-11(7-22)6-10(2)17(9)24-8-14(23)21-13-4-3-12(18)15(19)16(13)20/h3-7H,8H2,1-2H3,(H,21,23). The highest BCUT2D eigenvalue weighted by molar-refractivity contribution is 5.92. The van der Waals surface area contributed by atoms with Gasteiger partial charge in [-0.2, -0.15) is 0 Å². The van der Waals surface area contributed by atoms with Gasteiger partial charge in [0.2, 0.25) is 0 Å². The molecule has 1 amide bonds. The summed E-state index contributed by atoms with van der Waals surface area (Å²) in [6.45, 7) is 2.96. The number of amides is 1. The summed E-state index contributed by atoms with van der Waals surface area (Å²) in [4.78, 5) is 22.6.